The quantitative estimate of drug-likeness (QED) is 0.515. The minimum absolute atomic E-state index is 0.453. The standard InChI is InChI=1S/C15H8Cl3N/c16-12-3-1-10(2-4-12)7-11(9-19)14-6-5-13(17)8-15(14)18/h1-8H/b11-7+. The fraction of sp³-hybridized carbons (Fsp3) is 0. The molecule has 2 aromatic rings. The summed E-state index contributed by atoms with van der Waals surface area (Å²) < 4.78 is 0. The number of nitrogens with zero attached hydrogens (tertiary/aromatic N) is 1. The van der Waals surface area contributed by atoms with Crippen molar-refractivity contribution in [2.24, 2.45) is 0 Å². The lowest BCUT2D eigenvalue weighted by atomic mass is 10.0. The van der Waals surface area contributed by atoms with Gasteiger partial charge in [0, 0.05) is 15.6 Å². The topological polar surface area (TPSA) is 23.8 Å². The van der Waals surface area contributed by atoms with E-state index in [0.29, 0.717) is 26.2 Å². The highest BCUT2D eigenvalue weighted by Gasteiger charge is 2.07. The molecule has 19 heavy (non-hydrogen) atoms. The van der Waals surface area contributed by atoms with Crippen LogP contribution in [0.25, 0.3) is 11.6 Å². The van der Waals surface area contributed by atoms with E-state index in [1.165, 1.54) is 0 Å². The minimum Gasteiger partial charge on any atom is -0.192 e. The summed E-state index contributed by atoms with van der Waals surface area (Å²) in [4.78, 5) is 0. The fourth-order valence-corrected chi connectivity index (χ4v) is 2.24. The van der Waals surface area contributed by atoms with Gasteiger partial charge in [0.25, 0.3) is 0 Å². The number of halogens is 3. The van der Waals surface area contributed by atoms with Crippen LogP contribution in [-0.4, -0.2) is 0 Å². The monoisotopic (exact) mass is 307 g/mol. The van der Waals surface area contributed by atoms with Crippen LogP contribution in [-0.2, 0) is 0 Å². The Kier molecular flexibility index (Phi) is 4.50. The molecule has 94 valence electrons. The predicted molar refractivity (Wildman–Crippen MR) is 81.4 cm³/mol. The van der Waals surface area contributed by atoms with Gasteiger partial charge in [-0.15, -0.1) is 0 Å². The van der Waals surface area contributed by atoms with E-state index in [4.69, 9.17) is 34.8 Å². The van der Waals surface area contributed by atoms with Crippen LogP contribution < -0.4 is 0 Å². The van der Waals surface area contributed by atoms with Crippen LogP contribution in [0.3, 0.4) is 0 Å². The van der Waals surface area contributed by atoms with Crippen molar-refractivity contribution in [2.45, 2.75) is 0 Å². The molecule has 2 rings (SSSR count). The average molecular weight is 309 g/mol. The Labute approximate surface area is 126 Å². The summed E-state index contributed by atoms with van der Waals surface area (Å²) in [5.41, 5.74) is 2.01. The number of nitriles is 1. The second-order valence-electron chi connectivity index (χ2n) is 3.85. The van der Waals surface area contributed by atoms with Crippen LogP contribution in [0.1, 0.15) is 11.1 Å². The molecule has 0 bridgehead atoms. The Morgan fingerprint density at radius 2 is 1.58 bits per heavy atom. The van der Waals surface area contributed by atoms with Crippen molar-refractivity contribution in [3.63, 3.8) is 0 Å². The van der Waals surface area contributed by atoms with Crippen LogP contribution in [0, 0.1) is 11.3 Å². The second-order valence-corrected chi connectivity index (χ2v) is 5.13. The number of rotatable bonds is 2. The van der Waals surface area contributed by atoms with Crippen LogP contribution in [0.2, 0.25) is 15.1 Å². The summed E-state index contributed by atoms with van der Waals surface area (Å²) in [6.07, 6.45) is 1.76. The molecule has 0 spiro atoms. The van der Waals surface area contributed by atoms with E-state index in [2.05, 4.69) is 6.07 Å². The van der Waals surface area contributed by atoms with Gasteiger partial charge >= 0.3 is 0 Å². The Morgan fingerprint density at radius 1 is 0.947 bits per heavy atom. The maximum absolute atomic E-state index is 9.25. The lowest BCUT2D eigenvalue weighted by molar-refractivity contribution is 1.52. The molecule has 4 heteroatoms. The van der Waals surface area contributed by atoms with Crippen LogP contribution >= 0.6 is 34.8 Å². The van der Waals surface area contributed by atoms with E-state index in [-0.39, 0.29) is 0 Å². The van der Waals surface area contributed by atoms with Gasteiger partial charge in [0.1, 0.15) is 0 Å². The van der Waals surface area contributed by atoms with Gasteiger partial charge < -0.3 is 0 Å². The van der Waals surface area contributed by atoms with E-state index in [9.17, 15) is 5.26 Å². The highest BCUT2D eigenvalue weighted by atomic mass is 35.5. The molecule has 0 radical (unpaired) electrons. The molecular formula is C15H8Cl3N. The molecule has 0 N–H and O–H groups in total. The third-order valence-corrected chi connectivity index (χ3v) is 3.32. The maximum atomic E-state index is 9.25. The number of benzene rings is 2. The lowest BCUT2D eigenvalue weighted by Crippen LogP contribution is -1.84. The molecule has 1 nitrogen and oxygen atoms in total. The summed E-state index contributed by atoms with van der Waals surface area (Å²) in [7, 11) is 0. The van der Waals surface area contributed by atoms with Crippen molar-refractivity contribution in [1.82, 2.24) is 0 Å². The molecule has 0 aliphatic carbocycles. The molecule has 0 amide bonds. The van der Waals surface area contributed by atoms with Crippen LogP contribution in [0.15, 0.2) is 42.5 Å². The number of hydrogen-bond acceptors (Lipinski definition) is 1. The summed E-state index contributed by atoms with van der Waals surface area (Å²) in [5, 5.41) is 10.9. The predicted octanol–water partition coefficient (Wildman–Crippen LogP) is 5.71. The van der Waals surface area contributed by atoms with Gasteiger partial charge in [0.05, 0.1) is 16.7 Å². The van der Waals surface area contributed by atoms with Gasteiger partial charge in [-0.1, -0.05) is 53.0 Å². The van der Waals surface area contributed by atoms with E-state index in [1.54, 1.807) is 36.4 Å². The molecule has 0 atom stereocenters. The Hall–Kier alpha value is -1.46. The van der Waals surface area contributed by atoms with E-state index >= 15 is 0 Å². The van der Waals surface area contributed by atoms with Gasteiger partial charge in [-0.05, 0) is 35.9 Å². The van der Waals surface area contributed by atoms with Gasteiger partial charge in [-0.25, -0.2) is 0 Å². The summed E-state index contributed by atoms with van der Waals surface area (Å²) in [5.74, 6) is 0. The largest absolute Gasteiger partial charge is 0.192 e. The van der Waals surface area contributed by atoms with Gasteiger partial charge in [0.2, 0.25) is 0 Å². The third kappa shape index (κ3) is 3.52. The first-order valence-corrected chi connectivity index (χ1v) is 6.56. The van der Waals surface area contributed by atoms with Gasteiger partial charge in [-0.2, -0.15) is 5.26 Å². The zero-order chi connectivity index (χ0) is 13.8. The van der Waals surface area contributed by atoms with E-state index in [1.807, 2.05) is 12.1 Å². The van der Waals surface area contributed by atoms with Crippen molar-refractivity contribution < 1.29 is 0 Å². The van der Waals surface area contributed by atoms with Crippen molar-refractivity contribution in [3.05, 3.63) is 68.7 Å². The molecule has 0 aromatic heterocycles. The SMILES string of the molecule is N#C/C(=C\c1ccc(Cl)cc1)c1ccc(Cl)cc1Cl. The lowest BCUT2D eigenvalue weighted by Gasteiger charge is -2.03. The average Bonchev–Trinajstić information content (AvgIpc) is 2.39. The maximum Gasteiger partial charge on any atom is 0.0998 e. The molecule has 0 heterocycles. The van der Waals surface area contributed by atoms with E-state index in [0.717, 1.165) is 5.56 Å². The van der Waals surface area contributed by atoms with Gasteiger partial charge in [-0.3, -0.25) is 0 Å². The molecular weight excluding hydrogens is 301 g/mol. The zero-order valence-corrected chi connectivity index (χ0v) is 12.0. The van der Waals surface area contributed by atoms with E-state index < -0.39 is 0 Å². The van der Waals surface area contributed by atoms with Crippen molar-refractivity contribution in [2.75, 3.05) is 0 Å². The zero-order valence-electron chi connectivity index (χ0n) is 9.70. The normalized spacial score (nSPS) is 11.2. The highest BCUT2D eigenvalue weighted by molar-refractivity contribution is 6.36. The van der Waals surface area contributed by atoms with Crippen LogP contribution in [0.5, 0.6) is 0 Å². The van der Waals surface area contributed by atoms with Crippen LogP contribution in [0.4, 0.5) is 0 Å². The Balaban J connectivity index is 2.45. The Morgan fingerprint density at radius 3 is 2.16 bits per heavy atom. The Bertz CT molecular complexity index is 667. The molecule has 0 aliphatic rings. The number of allylic oxidation sites excluding steroid dienone is 1. The third-order valence-electron chi connectivity index (χ3n) is 2.52. The van der Waals surface area contributed by atoms with Crippen molar-refractivity contribution in [3.8, 4) is 6.07 Å². The highest BCUT2D eigenvalue weighted by Crippen LogP contribution is 2.28. The summed E-state index contributed by atoms with van der Waals surface area (Å²) in [6.45, 7) is 0. The van der Waals surface area contributed by atoms with Crippen molar-refractivity contribution >= 4 is 46.5 Å². The molecule has 0 fully saturated rings. The molecule has 0 saturated carbocycles. The smallest absolute Gasteiger partial charge is 0.0998 e. The fourth-order valence-electron chi connectivity index (χ4n) is 1.60. The summed E-state index contributed by atoms with van der Waals surface area (Å²) in [6, 6.07) is 14.4. The molecule has 0 unspecified atom stereocenters. The second kappa shape index (κ2) is 6.12. The number of hydrogen-bond donors (Lipinski definition) is 0. The minimum atomic E-state index is 0.453. The van der Waals surface area contributed by atoms with Crippen molar-refractivity contribution in [1.29, 1.82) is 5.26 Å². The first kappa shape index (κ1) is 14.0. The first-order valence-electron chi connectivity index (χ1n) is 5.43. The summed E-state index contributed by atoms with van der Waals surface area (Å²) >= 11 is 17.8. The molecule has 0 saturated heterocycles. The molecule has 0 aliphatic heterocycles. The van der Waals surface area contributed by atoms with Gasteiger partial charge in [0.15, 0.2) is 0 Å². The molecule has 2 aromatic carbocycles. The first-order chi connectivity index (χ1) is 9.10.